The fourth-order valence-electron chi connectivity index (χ4n) is 2.61. The van der Waals surface area contributed by atoms with Crippen molar-refractivity contribution in [1.82, 2.24) is 4.90 Å². The van der Waals surface area contributed by atoms with Gasteiger partial charge in [-0.05, 0) is 46.8 Å². The summed E-state index contributed by atoms with van der Waals surface area (Å²) in [5.74, 6) is -0.594. The molecule has 0 N–H and O–H groups in total. The van der Waals surface area contributed by atoms with E-state index >= 15 is 0 Å². The Morgan fingerprint density at radius 3 is 2.25 bits per heavy atom. The zero-order chi connectivity index (χ0) is 15.1. The van der Waals surface area contributed by atoms with Crippen LogP contribution in [0.2, 0.25) is 0 Å². The van der Waals surface area contributed by atoms with E-state index in [2.05, 4.69) is 0 Å². The Labute approximate surface area is 119 Å². The number of ether oxygens (including phenoxy) is 1. The second-order valence-corrected chi connectivity index (χ2v) is 6.38. The highest BCUT2D eigenvalue weighted by Crippen LogP contribution is 2.39. The summed E-state index contributed by atoms with van der Waals surface area (Å²) in [6.45, 7) is 9.51. The average molecular weight is 275 g/mol. The first-order valence-corrected chi connectivity index (χ1v) is 6.80. The highest BCUT2D eigenvalue weighted by Gasteiger charge is 2.61. The topological polar surface area (TPSA) is 46.6 Å². The van der Waals surface area contributed by atoms with E-state index < -0.39 is 11.6 Å². The maximum atomic E-state index is 12.4. The molecule has 0 spiro atoms. The van der Waals surface area contributed by atoms with Crippen LogP contribution >= 0.6 is 0 Å². The molecule has 0 unspecified atom stereocenters. The molecule has 1 saturated heterocycles. The number of benzene rings is 1. The molecular formula is C16H21NO3. The van der Waals surface area contributed by atoms with Crippen molar-refractivity contribution >= 4 is 11.9 Å². The van der Waals surface area contributed by atoms with Gasteiger partial charge in [0.15, 0.2) is 0 Å². The third-order valence-electron chi connectivity index (χ3n) is 3.86. The van der Waals surface area contributed by atoms with Gasteiger partial charge in [0.2, 0.25) is 5.60 Å². The Morgan fingerprint density at radius 1 is 1.25 bits per heavy atom. The lowest BCUT2D eigenvalue weighted by Gasteiger charge is -2.57. The first-order chi connectivity index (χ1) is 9.18. The fourth-order valence-corrected chi connectivity index (χ4v) is 2.61. The number of hydrogen-bond acceptors (Lipinski definition) is 3. The lowest BCUT2D eigenvalue weighted by molar-refractivity contribution is -0.197. The van der Waals surface area contributed by atoms with Gasteiger partial charge in [-0.1, -0.05) is 18.2 Å². The van der Waals surface area contributed by atoms with Crippen LogP contribution < -0.4 is 0 Å². The zero-order valence-electron chi connectivity index (χ0n) is 12.6. The largest absolute Gasteiger partial charge is 0.443 e. The van der Waals surface area contributed by atoms with E-state index in [4.69, 9.17) is 4.74 Å². The summed E-state index contributed by atoms with van der Waals surface area (Å²) in [7, 11) is 0. The predicted octanol–water partition coefficient (Wildman–Crippen LogP) is 2.63. The summed E-state index contributed by atoms with van der Waals surface area (Å²) in [5.41, 5.74) is -0.877. The molecule has 1 amide bonds. The number of likely N-dealkylation sites (tertiary alicyclic amines) is 1. The molecule has 1 aliphatic heterocycles. The van der Waals surface area contributed by atoms with Crippen molar-refractivity contribution in [1.29, 1.82) is 0 Å². The van der Waals surface area contributed by atoms with Crippen molar-refractivity contribution in [2.24, 2.45) is 0 Å². The predicted molar refractivity (Wildman–Crippen MR) is 76.3 cm³/mol. The van der Waals surface area contributed by atoms with Crippen molar-refractivity contribution in [2.75, 3.05) is 0 Å². The number of β-lactam (4-membered cyclic amide) rings is 1. The molecule has 0 bridgehead atoms. The molecule has 0 radical (unpaired) electrons. The molecule has 1 aliphatic rings. The minimum absolute atomic E-state index is 0.136. The summed E-state index contributed by atoms with van der Waals surface area (Å²) in [5, 5.41) is 0. The molecular weight excluding hydrogens is 254 g/mol. The van der Waals surface area contributed by atoms with Crippen LogP contribution in [0.5, 0.6) is 0 Å². The SMILES string of the molecule is C[C@H]1N(C(C)(C)C)C(=O)[C@@]1(C)OC(=O)c1ccccc1. The van der Waals surface area contributed by atoms with Crippen molar-refractivity contribution in [3.63, 3.8) is 0 Å². The van der Waals surface area contributed by atoms with Crippen LogP contribution in [0.4, 0.5) is 0 Å². The van der Waals surface area contributed by atoms with Crippen LogP contribution in [0.15, 0.2) is 30.3 Å². The Bertz CT molecular complexity index is 532. The molecule has 1 aromatic rings. The molecule has 0 aliphatic carbocycles. The van der Waals surface area contributed by atoms with Crippen LogP contribution in [-0.2, 0) is 9.53 Å². The summed E-state index contributed by atoms with van der Waals surface area (Å²) in [6, 6.07) is 8.60. The maximum absolute atomic E-state index is 12.4. The van der Waals surface area contributed by atoms with Gasteiger partial charge in [0, 0.05) is 5.54 Å². The molecule has 1 aromatic carbocycles. The first kappa shape index (κ1) is 14.6. The minimum atomic E-state index is -1.07. The van der Waals surface area contributed by atoms with Crippen molar-refractivity contribution in [2.45, 2.75) is 51.8 Å². The van der Waals surface area contributed by atoms with E-state index in [9.17, 15) is 9.59 Å². The van der Waals surface area contributed by atoms with E-state index in [0.29, 0.717) is 5.56 Å². The van der Waals surface area contributed by atoms with Crippen LogP contribution in [-0.4, -0.2) is 34.0 Å². The van der Waals surface area contributed by atoms with E-state index in [0.717, 1.165) is 0 Å². The fraction of sp³-hybridized carbons (Fsp3) is 0.500. The van der Waals surface area contributed by atoms with Gasteiger partial charge in [-0.25, -0.2) is 4.79 Å². The summed E-state index contributed by atoms with van der Waals surface area (Å²) in [6.07, 6.45) is 0. The lowest BCUT2D eigenvalue weighted by atomic mass is 9.80. The van der Waals surface area contributed by atoms with Gasteiger partial charge >= 0.3 is 5.97 Å². The number of esters is 1. The molecule has 4 nitrogen and oxygen atoms in total. The molecule has 0 aromatic heterocycles. The number of amides is 1. The molecule has 1 fully saturated rings. The highest BCUT2D eigenvalue weighted by molar-refractivity contribution is 5.98. The lowest BCUT2D eigenvalue weighted by Crippen LogP contribution is -2.76. The Morgan fingerprint density at radius 2 is 1.80 bits per heavy atom. The van der Waals surface area contributed by atoms with E-state index in [-0.39, 0.29) is 17.5 Å². The van der Waals surface area contributed by atoms with Gasteiger partial charge in [-0.15, -0.1) is 0 Å². The Kier molecular flexibility index (Phi) is 3.36. The van der Waals surface area contributed by atoms with E-state index in [1.165, 1.54) is 0 Å². The maximum Gasteiger partial charge on any atom is 0.339 e. The second-order valence-electron chi connectivity index (χ2n) is 6.38. The molecule has 2 rings (SSSR count). The van der Waals surface area contributed by atoms with Crippen LogP contribution in [0, 0.1) is 0 Å². The van der Waals surface area contributed by atoms with Gasteiger partial charge in [-0.3, -0.25) is 4.79 Å². The number of carbonyl (C=O) groups excluding carboxylic acids is 2. The van der Waals surface area contributed by atoms with Crippen molar-refractivity contribution < 1.29 is 14.3 Å². The zero-order valence-corrected chi connectivity index (χ0v) is 12.6. The number of nitrogens with zero attached hydrogens (tertiary/aromatic N) is 1. The highest BCUT2D eigenvalue weighted by atomic mass is 16.6. The average Bonchev–Trinajstić information content (AvgIpc) is 2.38. The number of hydrogen-bond donors (Lipinski definition) is 0. The van der Waals surface area contributed by atoms with Crippen molar-refractivity contribution in [3.05, 3.63) is 35.9 Å². The van der Waals surface area contributed by atoms with Gasteiger partial charge < -0.3 is 9.64 Å². The van der Waals surface area contributed by atoms with E-state index in [1.54, 1.807) is 36.1 Å². The van der Waals surface area contributed by atoms with E-state index in [1.807, 2.05) is 33.8 Å². The van der Waals surface area contributed by atoms with Gasteiger partial charge in [0.05, 0.1) is 11.6 Å². The first-order valence-electron chi connectivity index (χ1n) is 6.80. The molecule has 20 heavy (non-hydrogen) atoms. The van der Waals surface area contributed by atoms with Crippen LogP contribution in [0.1, 0.15) is 45.0 Å². The second kappa shape index (κ2) is 4.62. The number of carbonyl (C=O) groups is 2. The monoisotopic (exact) mass is 275 g/mol. The smallest absolute Gasteiger partial charge is 0.339 e. The Balaban J connectivity index is 2.15. The van der Waals surface area contributed by atoms with Crippen LogP contribution in [0.3, 0.4) is 0 Å². The third kappa shape index (κ3) is 2.19. The summed E-state index contributed by atoms with van der Waals surface area (Å²) >= 11 is 0. The minimum Gasteiger partial charge on any atom is -0.443 e. The molecule has 108 valence electrons. The molecule has 2 atom stereocenters. The quantitative estimate of drug-likeness (QED) is 0.615. The molecule has 0 saturated carbocycles. The number of rotatable bonds is 2. The van der Waals surface area contributed by atoms with Crippen LogP contribution in [0.25, 0.3) is 0 Å². The molecule has 1 heterocycles. The van der Waals surface area contributed by atoms with Crippen molar-refractivity contribution in [3.8, 4) is 0 Å². The van der Waals surface area contributed by atoms with Gasteiger partial charge in [0.25, 0.3) is 5.91 Å². The molecule has 4 heteroatoms. The Hall–Kier alpha value is -1.84. The standard InChI is InChI=1S/C16H21NO3/c1-11-16(5,14(19)17(11)15(2,3)4)20-13(18)12-9-7-6-8-10-12/h6-11H,1-5H3/t11-,16+/m1/s1. The third-order valence-corrected chi connectivity index (χ3v) is 3.86. The summed E-state index contributed by atoms with van der Waals surface area (Å²) in [4.78, 5) is 26.2. The normalized spacial score (nSPS) is 26.1. The van der Waals surface area contributed by atoms with Gasteiger partial charge in [0.1, 0.15) is 0 Å². The van der Waals surface area contributed by atoms with Gasteiger partial charge in [-0.2, -0.15) is 0 Å². The summed E-state index contributed by atoms with van der Waals surface area (Å²) < 4.78 is 5.48.